The molecule has 0 radical (unpaired) electrons. The Kier molecular flexibility index (Phi) is 2.81. The number of aromatic nitrogens is 4. The molecule has 1 fully saturated rings. The number of aryl methyl sites for hydroxylation is 1. The Morgan fingerprint density at radius 1 is 1.58 bits per heavy atom. The van der Waals surface area contributed by atoms with Gasteiger partial charge in [-0.3, -0.25) is 4.79 Å². The van der Waals surface area contributed by atoms with Crippen LogP contribution in [0, 0.1) is 12.8 Å². The third-order valence-corrected chi connectivity index (χ3v) is 3.32. The van der Waals surface area contributed by atoms with Crippen LogP contribution in [0.5, 0.6) is 0 Å². The molecule has 1 aliphatic carbocycles. The monoisotopic (exact) mass is 262 g/mol. The van der Waals surface area contributed by atoms with Crippen molar-refractivity contribution >= 4 is 5.97 Å². The zero-order valence-corrected chi connectivity index (χ0v) is 10.5. The van der Waals surface area contributed by atoms with Gasteiger partial charge in [0, 0.05) is 0 Å². The molecule has 0 bridgehead atoms. The lowest BCUT2D eigenvalue weighted by Gasteiger charge is -2.14. The van der Waals surface area contributed by atoms with Crippen molar-refractivity contribution in [1.82, 2.24) is 20.2 Å². The van der Waals surface area contributed by atoms with Gasteiger partial charge < -0.3 is 9.52 Å². The SMILES string of the molecule is Cc1ccc(-c2nnnn2C(CC(=O)O)C2CC2)o1. The highest BCUT2D eigenvalue weighted by atomic mass is 16.4. The summed E-state index contributed by atoms with van der Waals surface area (Å²) < 4.78 is 7.10. The highest BCUT2D eigenvalue weighted by molar-refractivity contribution is 5.67. The molecule has 1 saturated carbocycles. The first-order valence-electron chi connectivity index (χ1n) is 6.21. The van der Waals surface area contributed by atoms with Crippen LogP contribution in [0.25, 0.3) is 11.6 Å². The number of carboxylic acids is 1. The number of nitrogens with zero attached hydrogens (tertiary/aromatic N) is 4. The molecule has 3 rings (SSSR count). The highest BCUT2D eigenvalue weighted by Crippen LogP contribution is 2.42. The Morgan fingerprint density at radius 2 is 2.37 bits per heavy atom. The smallest absolute Gasteiger partial charge is 0.305 e. The average molecular weight is 262 g/mol. The van der Waals surface area contributed by atoms with Crippen LogP contribution >= 0.6 is 0 Å². The summed E-state index contributed by atoms with van der Waals surface area (Å²) in [4.78, 5) is 11.0. The second-order valence-corrected chi connectivity index (χ2v) is 4.86. The fourth-order valence-corrected chi connectivity index (χ4v) is 2.25. The molecule has 100 valence electrons. The molecule has 2 heterocycles. The van der Waals surface area contributed by atoms with Crippen molar-refractivity contribution in [2.24, 2.45) is 5.92 Å². The van der Waals surface area contributed by atoms with Crippen LogP contribution in [-0.2, 0) is 4.79 Å². The standard InChI is InChI=1S/C12H14N4O3/c1-7-2-5-10(19-7)12-13-14-15-16(12)9(6-11(17)18)8-3-4-8/h2,5,8-9H,3-4,6H2,1H3,(H,17,18). The van der Waals surface area contributed by atoms with Crippen molar-refractivity contribution in [3.05, 3.63) is 17.9 Å². The quantitative estimate of drug-likeness (QED) is 0.880. The van der Waals surface area contributed by atoms with Crippen LogP contribution < -0.4 is 0 Å². The Morgan fingerprint density at radius 3 is 2.95 bits per heavy atom. The summed E-state index contributed by atoms with van der Waals surface area (Å²) in [7, 11) is 0. The molecule has 2 aromatic rings. The topological polar surface area (TPSA) is 94.0 Å². The predicted octanol–water partition coefficient (Wildman–Crippen LogP) is 1.67. The summed E-state index contributed by atoms with van der Waals surface area (Å²) in [5, 5.41) is 20.6. The van der Waals surface area contributed by atoms with Gasteiger partial charge in [-0.15, -0.1) is 5.10 Å². The van der Waals surface area contributed by atoms with Crippen LogP contribution in [0.15, 0.2) is 16.5 Å². The molecular formula is C12H14N4O3. The number of aliphatic carboxylic acids is 1. The van der Waals surface area contributed by atoms with Gasteiger partial charge in [-0.1, -0.05) is 0 Å². The first-order chi connectivity index (χ1) is 9.15. The van der Waals surface area contributed by atoms with E-state index in [0.29, 0.717) is 17.5 Å². The summed E-state index contributed by atoms with van der Waals surface area (Å²) in [5.41, 5.74) is 0. The van der Waals surface area contributed by atoms with Crippen molar-refractivity contribution in [1.29, 1.82) is 0 Å². The number of carboxylic acid groups (broad SMARTS) is 1. The van der Waals surface area contributed by atoms with Gasteiger partial charge in [0.1, 0.15) is 5.76 Å². The average Bonchev–Trinajstić information content (AvgIpc) is 2.92. The molecule has 0 aliphatic heterocycles. The predicted molar refractivity (Wildman–Crippen MR) is 64.3 cm³/mol. The molecular weight excluding hydrogens is 248 g/mol. The van der Waals surface area contributed by atoms with Crippen molar-refractivity contribution in [2.45, 2.75) is 32.2 Å². The molecule has 1 unspecified atom stereocenters. The Hall–Kier alpha value is -2.18. The maximum Gasteiger partial charge on any atom is 0.305 e. The fourth-order valence-electron chi connectivity index (χ4n) is 2.25. The van der Waals surface area contributed by atoms with Gasteiger partial charge in [-0.2, -0.15) is 0 Å². The fraction of sp³-hybridized carbons (Fsp3) is 0.500. The van der Waals surface area contributed by atoms with Gasteiger partial charge in [0.05, 0.1) is 12.5 Å². The number of rotatable bonds is 5. The molecule has 1 N–H and O–H groups in total. The van der Waals surface area contributed by atoms with Crippen molar-refractivity contribution in [2.75, 3.05) is 0 Å². The lowest BCUT2D eigenvalue weighted by atomic mass is 10.1. The van der Waals surface area contributed by atoms with Crippen LogP contribution in [0.1, 0.15) is 31.1 Å². The molecule has 0 aromatic carbocycles. The molecule has 7 heteroatoms. The van der Waals surface area contributed by atoms with E-state index in [9.17, 15) is 4.79 Å². The normalized spacial score (nSPS) is 16.5. The maximum atomic E-state index is 11.0. The van der Waals surface area contributed by atoms with Crippen LogP contribution in [0.2, 0.25) is 0 Å². The number of furan rings is 1. The molecule has 0 saturated heterocycles. The third kappa shape index (κ3) is 2.35. The molecule has 0 amide bonds. The lowest BCUT2D eigenvalue weighted by molar-refractivity contribution is -0.138. The second-order valence-electron chi connectivity index (χ2n) is 4.86. The highest BCUT2D eigenvalue weighted by Gasteiger charge is 2.36. The summed E-state index contributed by atoms with van der Waals surface area (Å²) in [6.07, 6.45) is 2.07. The van der Waals surface area contributed by atoms with E-state index >= 15 is 0 Å². The molecule has 19 heavy (non-hydrogen) atoms. The van der Waals surface area contributed by atoms with Crippen LogP contribution in [0.3, 0.4) is 0 Å². The number of hydrogen-bond acceptors (Lipinski definition) is 5. The number of hydrogen-bond donors (Lipinski definition) is 1. The van der Waals surface area contributed by atoms with Gasteiger partial charge in [0.2, 0.25) is 5.82 Å². The van der Waals surface area contributed by atoms with E-state index in [-0.39, 0.29) is 12.5 Å². The van der Waals surface area contributed by atoms with E-state index in [2.05, 4.69) is 15.5 Å². The van der Waals surface area contributed by atoms with Crippen molar-refractivity contribution < 1.29 is 14.3 Å². The zero-order chi connectivity index (χ0) is 13.4. The molecule has 1 atom stereocenters. The second kappa shape index (κ2) is 4.49. The number of carbonyl (C=O) groups is 1. The maximum absolute atomic E-state index is 11.0. The van der Waals surface area contributed by atoms with Gasteiger partial charge in [0.25, 0.3) is 0 Å². The summed E-state index contributed by atoms with van der Waals surface area (Å²) >= 11 is 0. The lowest BCUT2D eigenvalue weighted by Crippen LogP contribution is -2.18. The molecule has 7 nitrogen and oxygen atoms in total. The molecule has 0 spiro atoms. The van der Waals surface area contributed by atoms with E-state index < -0.39 is 5.97 Å². The van der Waals surface area contributed by atoms with Gasteiger partial charge >= 0.3 is 5.97 Å². The number of tetrazole rings is 1. The molecule has 2 aromatic heterocycles. The summed E-state index contributed by atoms with van der Waals surface area (Å²) in [6, 6.07) is 3.42. The van der Waals surface area contributed by atoms with Crippen molar-refractivity contribution in [3.63, 3.8) is 0 Å². The van der Waals surface area contributed by atoms with E-state index in [0.717, 1.165) is 18.6 Å². The van der Waals surface area contributed by atoms with E-state index in [1.54, 1.807) is 10.7 Å². The van der Waals surface area contributed by atoms with E-state index in [4.69, 9.17) is 9.52 Å². The Labute approximate surface area is 109 Å². The minimum Gasteiger partial charge on any atom is -0.481 e. The van der Waals surface area contributed by atoms with E-state index in [1.807, 2.05) is 13.0 Å². The third-order valence-electron chi connectivity index (χ3n) is 3.32. The van der Waals surface area contributed by atoms with Crippen LogP contribution in [-0.4, -0.2) is 31.3 Å². The van der Waals surface area contributed by atoms with Crippen LogP contribution in [0.4, 0.5) is 0 Å². The van der Waals surface area contributed by atoms with Gasteiger partial charge in [-0.25, -0.2) is 4.68 Å². The summed E-state index contributed by atoms with van der Waals surface area (Å²) in [5.74, 6) is 1.33. The largest absolute Gasteiger partial charge is 0.481 e. The Bertz CT molecular complexity index is 600. The van der Waals surface area contributed by atoms with Gasteiger partial charge in [-0.05, 0) is 48.2 Å². The minimum atomic E-state index is -0.839. The zero-order valence-electron chi connectivity index (χ0n) is 10.5. The van der Waals surface area contributed by atoms with Crippen molar-refractivity contribution in [3.8, 4) is 11.6 Å². The first-order valence-corrected chi connectivity index (χ1v) is 6.21. The molecule has 1 aliphatic rings. The summed E-state index contributed by atoms with van der Waals surface area (Å²) in [6.45, 7) is 1.84. The van der Waals surface area contributed by atoms with Gasteiger partial charge in [0.15, 0.2) is 5.76 Å². The first kappa shape index (κ1) is 11.9. The van der Waals surface area contributed by atoms with E-state index in [1.165, 1.54) is 0 Å². The Balaban J connectivity index is 1.95. The minimum absolute atomic E-state index is 0.0302.